The molecule has 2 aromatic rings. The van der Waals surface area contributed by atoms with Gasteiger partial charge in [-0.25, -0.2) is 4.98 Å². The zero-order valence-electron chi connectivity index (χ0n) is 8.72. The molecule has 0 saturated carbocycles. The minimum Gasteiger partial charge on any atom is -0.334 e. The first kappa shape index (κ1) is 10.0. The topological polar surface area (TPSA) is 100 Å². The van der Waals surface area contributed by atoms with Crippen LogP contribution in [0.2, 0.25) is 0 Å². The van der Waals surface area contributed by atoms with Crippen molar-refractivity contribution in [2.24, 2.45) is 0 Å². The predicted octanol–water partition coefficient (Wildman–Crippen LogP) is 0.373. The predicted molar refractivity (Wildman–Crippen MR) is 53.0 cm³/mol. The number of nitriles is 1. The number of nitrogens with one attached hydrogen (secondary N) is 1. The Labute approximate surface area is 90.7 Å². The standard InChI is InChI=1S/C9H8N6O/c1-5-8(6(2)16)13-14-15(5)9-7(3-10)11-4-12-9/h4H,1-2H3,(H,11,12). The number of hydrogen-bond acceptors (Lipinski definition) is 5. The second-order valence-electron chi connectivity index (χ2n) is 3.20. The van der Waals surface area contributed by atoms with Crippen LogP contribution in [0.1, 0.15) is 28.8 Å². The molecule has 0 aliphatic heterocycles. The van der Waals surface area contributed by atoms with Crippen molar-refractivity contribution in [2.45, 2.75) is 13.8 Å². The van der Waals surface area contributed by atoms with Gasteiger partial charge in [0.25, 0.3) is 0 Å². The van der Waals surface area contributed by atoms with Gasteiger partial charge in [-0.1, -0.05) is 5.21 Å². The van der Waals surface area contributed by atoms with E-state index in [4.69, 9.17) is 5.26 Å². The lowest BCUT2D eigenvalue weighted by Crippen LogP contribution is -2.03. The van der Waals surface area contributed by atoms with E-state index in [2.05, 4.69) is 20.3 Å². The smallest absolute Gasteiger partial charge is 0.191 e. The lowest BCUT2D eigenvalue weighted by molar-refractivity contribution is 0.101. The summed E-state index contributed by atoms with van der Waals surface area (Å²) >= 11 is 0. The number of rotatable bonds is 2. The molecule has 7 heteroatoms. The van der Waals surface area contributed by atoms with Crippen molar-refractivity contribution in [3.63, 3.8) is 0 Å². The summed E-state index contributed by atoms with van der Waals surface area (Å²) < 4.78 is 1.37. The van der Waals surface area contributed by atoms with E-state index < -0.39 is 0 Å². The number of aromatic amines is 1. The highest BCUT2D eigenvalue weighted by atomic mass is 16.1. The Morgan fingerprint density at radius 2 is 2.38 bits per heavy atom. The Morgan fingerprint density at radius 3 is 2.94 bits per heavy atom. The van der Waals surface area contributed by atoms with Gasteiger partial charge in [-0.3, -0.25) is 4.79 Å². The maximum atomic E-state index is 11.2. The quantitative estimate of drug-likeness (QED) is 0.731. The number of imidazole rings is 1. The molecule has 0 radical (unpaired) electrons. The number of aromatic nitrogens is 5. The number of Topliss-reactive ketones (excluding diaryl/α,β-unsaturated/α-hetero) is 1. The molecule has 1 N–H and O–H groups in total. The van der Waals surface area contributed by atoms with E-state index in [-0.39, 0.29) is 17.2 Å². The van der Waals surface area contributed by atoms with Crippen LogP contribution in [0.25, 0.3) is 5.82 Å². The maximum absolute atomic E-state index is 11.2. The van der Waals surface area contributed by atoms with E-state index in [1.807, 2.05) is 6.07 Å². The zero-order valence-corrected chi connectivity index (χ0v) is 8.72. The number of ketones is 1. The Morgan fingerprint density at radius 1 is 1.62 bits per heavy atom. The van der Waals surface area contributed by atoms with Crippen molar-refractivity contribution in [1.29, 1.82) is 5.26 Å². The molecular weight excluding hydrogens is 208 g/mol. The van der Waals surface area contributed by atoms with E-state index in [9.17, 15) is 4.79 Å². The van der Waals surface area contributed by atoms with Crippen molar-refractivity contribution in [1.82, 2.24) is 25.0 Å². The summed E-state index contributed by atoms with van der Waals surface area (Å²) in [6.45, 7) is 3.11. The monoisotopic (exact) mass is 216 g/mol. The summed E-state index contributed by atoms with van der Waals surface area (Å²) in [5, 5.41) is 16.4. The SMILES string of the molecule is CC(=O)c1nnn(-c2nc[nH]c2C#N)c1C. The van der Waals surface area contributed by atoms with E-state index in [0.717, 1.165) is 0 Å². The highest BCUT2D eigenvalue weighted by Crippen LogP contribution is 2.12. The average Bonchev–Trinajstić information content (AvgIpc) is 2.82. The van der Waals surface area contributed by atoms with Crippen molar-refractivity contribution >= 4 is 5.78 Å². The number of carbonyl (C=O) groups excluding carboxylic acids is 1. The summed E-state index contributed by atoms with van der Waals surface area (Å²) in [5.41, 5.74) is 1.13. The first-order valence-corrected chi connectivity index (χ1v) is 4.52. The van der Waals surface area contributed by atoms with Gasteiger partial charge in [0, 0.05) is 6.92 Å². The Kier molecular flexibility index (Phi) is 2.25. The van der Waals surface area contributed by atoms with Crippen LogP contribution in [-0.2, 0) is 0 Å². The molecule has 80 valence electrons. The van der Waals surface area contributed by atoms with Crippen LogP contribution in [0, 0.1) is 18.3 Å². The van der Waals surface area contributed by atoms with E-state index in [1.54, 1.807) is 6.92 Å². The summed E-state index contributed by atoms with van der Waals surface area (Å²) in [6, 6.07) is 1.95. The summed E-state index contributed by atoms with van der Waals surface area (Å²) in [4.78, 5) is 17.8. The zero-order chi connectivity index (χ0) is 11.7. The summed E-state index contributed by atoms with van der Waals surface area (Å²) in [7, 11) is 0. The normalized spacial score (nSPS) is 10.1. The third-order valence-corrected chi connectivity index (χ3v) is 2.16. The van der Waals surface area contributed by atoms with Crippen LogP contribution in [0.5, 0.6) is 0 Å². The first-order valence-electron chi connectivity index (χ1n) is 4.52. The van der Waals surface area contributed by atoms with Gasteiger partial charge in [-0.2, -0.15) is 9.94 Å². The summed E-state index contributed by atoms with van der Waals surface area (Å²) in [5.74, 6) is 0.179. The van der Waals surface area contributed by atoms with Crippen LogP contribution < -0.4 is 0 Å². The fourth-order valence-corrected chi connectivity index (χ4v) is 1.39. The third-order valence-electron chi connectivity index (χ3n) is 2.16. The largest absolute Gasteiger partial charge is 0.334 e. The van der Waals surface area contributed by atoms with Crippen LogP contribution in [0.15, 0.2) is 6.33 Å². The van der Waals surface area contributed by atoms with E-state index in [1.165, 1.54) is 17.9 Å². The molecule has 16 heavy (non-hydrogen) atoms. The molecule has 0 amide bonds. The van der Waals surface area contributed by atoms with Crippen molar-refractivity contribution in [2.75, 3.05) is 0 Å². The fourth-order valence-electron chi connectivity index (χ4n) is 1.39. The maximum Gasteiger partial charge on any atom is 0.191 e. The van der Waals surface area contributed by atoms with Crippen LogP contribution in [0.3, 0.4) is 0 Å². The molecular formula is C9H8N6O. The van der Waals surface area contributed by atoms with Crippen LogP contribution in [0.4, 0.5) is 0 Å². The van der Waals surface area contributed by atoms with Gasteiger partial charge in [0.15, 0.2) is 23.0 Å². The minimum absolute atomic E-state index is 0.169. The van der Waals surface area contributed by atoms with E-state index >= 15 is 0 Å². The Bertz CT molecular complexity index is 587. The molecule has 0 fully saturated rings. The Balaban J connectivity index is 2.59. The van der Waals surface area contributed by atoms with Crippen molar-refractivity contribution in [3.05, 3.63) is 23.4 Å². The molecule has 2 rings (SSSR count). The summed E-state index contributed by atoms with van der Waals surface area (Å²) in [6.07, 6.45) is 1.39. The average molecular weight is 216 g/mol. The lowest BCUT2D eigenvalue weighted by atomic mass is 10.2. The highest BCUT2D eigenvalue weighted by Gasteiger charge is 2.17. The molecule has 0 aromatic carbocycles. The first-order chi connectivity index (χ1) is 7.65. The molecule has 0 spiro atoms. The van der Waals surface area contributed by atoms with Gasteiger partial charge in [-0.05, 0) is 6.92 Å². The van der Waals surface area contributed by atoms with Crippen molar-refractivity contribution < 1.29 is 4.79 Å². The molecule has 2 aromatic heterocycles. The molecule has 0 aliphatic rings. The second kappa shape index (κ2) is 3.58. The number of carbonyl (C=O) groups is 1. The minimum atomic E-state index is -0.169. The Hall–Kier alpha value is -2.49. The van der Waals surface area contributed by atoms with Crippen LogP contribution in [-0.4, -0.2) is 30.7 Å². The molecule has 0 saturated heterocycles. The molecule has 0 aliphatic carbocycles. The van der Waals surface area contributed by atoms with Gasteiger partial charge < -0.3 is 4.98 Å². The van der Waals surface area contributed by atoms with Gasteiger partial charge in [-0.15, -0.1) is 5.10 Å². The molecule has 0 bridgehead atoms. The number of hydrogen-bond donors (Lipinski definition) is 1. The highest BCUT2D eigenvalue weighted by molar-refractivity contribution is 5.93. The van der Waals surface area contributed by atoms with Crippen molar-refractivity contribution in [3.8, 4) is 11.9 Å². The van der Waals surface area contributed by atoms with Gasteiger partial charge in [0.1, 0.15) is 6.07 Å². The molecule has 7 nitrogen and oxygen atoms in total. The van der Waals surface area contributed by atoms with Gasteiger partial charge >= 0.3 is 0 Å². The third kappa shape index (κ3) is 1.37. The van der Waals surface area contributed by atoms with Gasteiger partial charge in [0.2, 0.25) is 0 Å². The van der Waals surface area contributed by atoms with Gasteiger partial charge in [0.05, 0.1) is 12.0 Å². The van der Waals surface area contributed by atoms with E-state index in [0.29, 0.717) is 11.5 Å². The number of nitrogens with zero attached hydrogens (tertiary/aromatic N) is 5. The molecule has 0 atom stereocenters. The second-order valence-corrected chi connectivity index (χ2v) is 3.20. The lowest BCUT2D eigenvalue weighted by Gasteiger charge is -1.98. The van der Waals surface area contributed by atoms with Crippen LogP contribution >= 0.6 is 0 Å². The number of H-pyrrole nitrogens is 1. The fraction of sp³-hybridized carbons (Fsp3) is 0.222. The molecule has 2 heterocycles. The molecule has 0 unspecified atom stereocenters.